The number of hydrogen-bond donors (Lipinski definition) is 1. The molecule has 1 heterocycles. The zero-order chi connectivity index (χ0) is 24.4. The van der Waals surface area contributed by atoms with E-state index in [0.29, 0.717) is 0 Å². The molecule has 3 saturated carbocycles. The summed E-state index contributed by atoms with van der Waals surface area (Å²) in [6.07, 6.45) is -4.91. The summed E-state index contributed by atoms with van der Waals surface area (Å²) in [5.41, 5.74) is -7.49. The molecule has 0 aromatic heterocycles. The molecule has 5 aliphatic rings. The number of allylic oxidation sites excluding steroid dienone is 4. The first kappa shape index (κ1) is 23.2. The molecule has 5 nitrogen and oxygen atoms in total. The molecule has 0 spiro atoms. The molecule has 5 rings (SSSR count). The SMILES string of the molecule is CC1(C)O[C@@H]2C[C@H]3[C@@H]4C[C@H](F)C5=CC(=O)C=C[C@]5(C)[C@]4(F)[C@@H](O)C[C@]3(C)[C@]2(C(=O)C(F)F)O1. The highest BCUT2D eigenvalue weighted by Gasteiger charge is 2.81. The standard InChI is InChI=1S/C24H28F4O5/c1-20(2)32-17-9-12-13-8-15(25)14-7-11(29)5-6-21(14,3)23(13,28)16(30)10-22(12,4)24(17,33-20)18(31)19(26)27/h5-7,12-13,15-17,19,30H,8-10H2,1-4H3/t12-,13-,15-,16-,17+,21-,22-,23+,24-/m0/s1. The summed E-state index contributed by atoms with van der Waals surface area (Å²) in [7, 11) is 0. The van der Waals surface area contributed by atoms with E-state index in [1.165, 1.54) is 32.9 Å². The molecular formula is C24H28F4O5. The largest absolute Gasteiger partial charge is 0.390 e. The summed E-state index contributed by atoms with van der Waals surface area (Å²) in [6.45, 7) is 6.04. The van der Waals surface area contributed by atoms with Crippen LogP contribution in [0.1, 0.15) is 47.0 Å². The number of rotatable bonds is 2. The highest BCUT2D eigenvalue weighted by molar-refractivity contribution is 6.01. The average molecular weight is 472 g/mol. The number of carbonyl (C=O) groups excluding carboxylic acids is 2. The van der Waals surface area contributed by atoms with Crippen molar-refractivity contribution in [2.75, 3.05) is 0 Å². The topological polar surface area (TPSA) is 72.8 Å². The number of hydrogen-bond acceptors (Lipinski definition) is 5. The fourth-order valence-electron chi connectivity index (χ4n) is 7.90. The van der Waals surface area contributed by atoms with E-state index in [-0.39, 0.29) is 24.8 Å². The summed E-state index contributed by atoms with van der Waals surface area (Å²) in [4.78, 5) is 24.9. The zero-order valence-electron chi connectivity index (χ0n) is 18.9. The van der Waals surface area contributed by atoms with Crippen LogP contribution in [-0.2, 0) is 19.1 Å². The van der Waals surface area contributed by atoms with Crippen molar-refractivity contribution in [1.29, 1.82) is 0 Å². The fourth-order valence-corrected chi connectivity index (χ4v) is 7.90. The Balaban J connectivity index is 1.67. The Morgan fingerprint density at radius 3 is 2.48 bits per heavy atom. The molecule has 0 bridgehead atoms. The number of aliphatic hydroxyl groups is 1. The van der Waals surface area contributed by atoms with Crippen LogP contribution in [0.3, 0.4) is 0 Å². The maximum atomic E-state index is 17.1. The maximum Gasteiger partial charge on any atom is 0.299 e. The Bertz CT molecular complexity index is 993. The number of aliphatic hydroxyl groups excluding tert-OH is 1. The number of Topliss-reactive ketones (excluding diaryl/α,β-unsaturated/α-hetero) is 1. The van der Waals surface area contributed by atoms with Gasteiger partial charge >= 0.3 is 0 Å². The normalized spacial score (nSPS) is 52.1. The third kappa shape index (κ3) is 2.54. The van der Waals surface area contributed by atoms with Crippen molar-refractivity contribution < 1.29 is 41.7 Å². The summed E-state index contributed by atoms with van der Waals surface area (Å²) in [5.74, 6) is -5.11. The van der Waals surface area contributed by atoms with Crippen LogP contribution in [0.15, 0.2) is 23.8 Å². The monoisotopic (exact) mass is 472 g/mol. The molecule has 0 radical (unpaired) electrons. The second kappa shape index (κ2) is 6.55. The number of fused-ring (bicyclic) bond motifs is 7. The van der Waals surface area contributed by atoms with Gasteiger partial charge in [0.25, 0.3) is 6.43 Å². The summed E-state index contributed by atoms with van der Waals surface area (Å²) in [5, 5.41) is 11.3. The van der Waals surface area contributed by atoms with Gasteiger partial charge in [0.05, 0.1) is 12.2 Å². The number of carbonyl (C=O) groups is 2. The Morgan fingerprint density at radius 1 is 1.18 bits per heavy atom. The van der Waals surface area contributed by atoms with Gasteiger partial charge < -0.3 is 14.6 Å². The smallest absolute Gasteiger partial charge is 0.299 e. The highest BCUT2D eigenvalue weighted by Crippen LogP contribution is 2.72. The number of halogens is 4. The minimum Gasteiger partial charge on any atom is -0.390 e. The Kier molecular flexibility index (Phi) is 4.60. The van der Waals surface area contributed by atoms with Crippen molar-refractivity contribution in [2.45, 2.75) is 88.8 Å². The fraction of sp³-hybridized carbons (Fsp3) is 0.750. The van der Waals surface area contributed by atoms with E-state index in [1.54, 1.807) is 6.92 Å². The predicted molar refractivity (Wildman–Crippen MR) is 108 cm³/mol. The first-order valence-electron chi connectivity index (χ1n) is 11.3. The Hall–Kier alpha value is -1.58. The van der Waals surface area contributed by atoms with Crippen LogP contribution in [0.2, 0.25) is 0 Å². The third-order valence-electron chi connectivity index (χ3n) is 9.19. The van der Waals surface area contributed by atoms with Crippen LogP contribution in [0, 0.1) is 22.7 Å². The van der Waals surface area contributed by atoms with Crippen LogP contribution in [0.5, 0.6) is 0 Å². The predicted octanol–water partition coefficient (Wildman–Crippen LogP) is 3.64. The molecule has 33 heavy (non-hydrogen) atoms. The molecule has 1 aliphatic heterocycles. The molecule has 9 heteroatoms. The Morgan fingerprint density at radius 2 is 1.85 bits per heavy atom. The lowest BCUT2D eigenvalue weighted by Crippen LogP contribution is -2.71. The van der Waals surface area contributed by atoms with E-state index in [9.17, 15) is 23.5 Å². The van der Waals surface area contributed by atoms with Gasteiger partial charge in [-0.25, -0.2) is 17.6 Å². The summed E-state index contributed by atoms with van der Waals surface area (Å²) in [6, 6.07) is 0. The highest BCUT2D eigenvalue weighted by atomic mass is 19.3. The van der Waals surface area contributed by atoms with Crippen molar-refractivity contribution in [3.05, 3.63) is 23.8 Å². The van der Waals surface area contributed by atoms with Crippen molar-refractivity contribution in [1.82, 2.24) is 0 Å². The minimum atomic E-state index is -3.35. The van der Waals surface area contributed by atoms with E-state index in [4.69, 9.17) is 9.47 Å². The molecular weight excluding hydrogens is 444 g/mol. The van der Waals surface area contributed by atoms with Gasteiger partial charge in [-0.3, -0.25) is 9.59 Å². The molecule has 4 aliphatic carbocycles. The number of alkyl halides is 4. The van der Waals surface area contributed by atoms with Gasteiger partial charge in [-0.1, -0.05) is 13.0 Å². The van der Waals surface area contributed by atoms with Crippen molar-refractivity contribution in [3.8, 4) is 0 Å². The van der Waals surface area contributed by atoms with Gasteiger partial charge in [0, 0.05) is 16.7 Å². The van der Waals surface area contributed by atoms with Crippen LogP contribution in [0.4, 0.5) is 17.6 Å². The van der Waals surface area contributed by atoms with Crippen LogP contribution in [0.25, 0.3) is 0 Å². The summed E-state index contributed by atoms with van der Waals surface area (Å²) < 4.78 is 72.1. The van der Waals surface area contributed by atoms with E-state index in [2.05, 4.69) is 0 Å². The molecule has 4 fully saturated rings. The van der Waals surface area contributed by atoms with Gasteiger partial charge in [0.15, 0.2) is 22.8 Å². The first-order chi connectivity index (χ1) is 15.1. The molecule has 0 unspecified atom stereocenters. The van der Waals surface area contributed by atoms with Gasteiger partial charge in [-0.2, -0.15) is 0 Å². The molecule has 1 N–H and O–H groups in total. The van der Waals surface area contributed by atoms with Crippen LogP contribution in [-0.4, -0.2) is 58.5 Å². The summed E-state index contributed by atoms with van der Waals surface area (Å²) >= 11 is 0. The number of ether oxygens (including phenoxy) is 2. The molecule has 0 aromatic rings. The average Bonchev–Trinajstić information content (AvgIpc) is 3.11. The molecule has 182 valence electrons. The lowest BCUT2D eigenvalue weighted by atomic mass is 9.44. The number of ketones is 2. The minimum absolute atomic E-state index is 0.0198. The maximum absolute atomic E-state index is 17.1. The quantitative estimate of drug-likeness (QED) is 0.622. The van der Waals surface area contributed by atoms with E-state index < -0.39 is 76.1 Å². The van der Waals surface area contributed by atoms with Gasteiger partial charge in [0.1, 0.15) is 6.17 Å². The Labute approximate surface area is 189 Å². The van der Waals surface area contributed by atoms with E-state index in [0.717, 1.165) is 6.08 Å². The zero-order valence-corrected chi connectivity index (χ0v) is 18.9. The lowest BCUT2D eigenvalue weighted by Gasteiger charge is -2.63. The van der Waals surface area contributed by atoms with Crippen molar-refractivity contribution >= 4 is 11.6 Å². The molecule has 1 saturated heterocycles. The van der Waals surface area contributed by atoms with Crippen molar-refractivity contribution in [2.24, 2.45) is 22.7 Å². The van der Waals surface area contributed by atoms with Gasteiger partial charge in [-0.15, -0.1) is 0 Å². The lowest BCUT2D eigenvalue weighted by molar-refractivity contribution is -0.250. The van der Waals surface area contributed by atoms with E-state index >= 15 is 8.78 Å². The molecule has 9 atom stereocenters. The second-order valence-corrected chi connectivity index (χ2v) is 11.1. The van der Waals surface area contributed by atoms with E-state index in [1.807, 2.05) is 0 Å². The molecule has 0 aromatic carbocycles. The second-order valence-electron chi connectivity index (χ2n) is 11.1. The first-order valence-corrected chi connectivity index (χ1v) is 11.3. The third-order valence-corrected chi connectivity index (χ3v) is 9.19. The molecule has 0 amide bonds. The van der Waals surface area contributed by atoms with Crippen LogP contribution >= 0.6 is 0 Å². The van der Waals surface area contributed by atoms with Crippen molar-refractivity contribution in [3.63, 3.8) is 0 Å². The van der Waals surface area contributed by atoms with Crippen LogP contribution < -0.4 is 0 Å². The van der Waals surface area contributed by atoms with Gasteiger partial charge in [0.2, 0.25) is 5.78 Å². The van der Waals surface area contributed by atoms with Gasteiger partial charge in [-0.05, 0) is 63.7 Å².